The Morgan fingerprint density at radius 3 is 2.93 bits per heavy atom. The van der Waals surface area contributed by atoms with Crippen LogP contribution in [-0.4, -0.2) is 26.2 Å². The number of benzene rings is 1. The van der Waals surface area contributed by atoms with Crippen molar-refractivity contribution in [3.8, 4) is 6.07 Å². The van der Waals surface area contributed by atoms with Gasteiger partial charge in [0, 0.05) is 19.1 Å². The first kappa shape index (κ1) is 10.0. The topological polar surface area (TPSA) is 39.1 Å². The molecule has 15 heavy (non-hydrogen) atoms. The molecule has 1 aromatic carbocycles. The molecule has 1 heterocycles. The minimum atomic E-state index is 0.553. The van der Waals surface area contributed by atoms with Gasteiger partial charge in [-0.15, -0.1) is 0 Å². The third-order valence-electron chi connectivity index (χ3n) is 2.96. The molecule has 1 unspecified atom stereocenters. The zero-order valence-electron chi connectivity index (χ0n) is 8.90. The molecule has 1 atom stereocenters. The molecule has 1 aliphatic heterocycles. The number of nitriles is 1. The molecule has 78 valence electrons. The Balaban J connectivity index is 2.20. The van der Waals surface area contributed by atoms with Gasteiger partial charge in [-0.3, -0.25) is 0 Å². The summed E-state index contributed by atoms with van der Waals surface area (Å²) in [4.78, 5) is 2.28. The summed E-state index contributed by atoms with van der Waals surface area (Å²) in [5.74, 6) is 0. The van der Waals surface area contributed by atoms with Gasteiger partial charge in [0.1, 0.15) is 6.07 Å². The number of nitrogens with zero attached hydrogens (tertiary/aromatic N) is 2. The maximum atomic E-state index is 9.01. The van der Waals surface area contributed by atoms with Crippen molar-refractivity contribution in [3.63, 3.8) is 0 Å². The van der Waals surface area contributed by atoms with E-state index < -0.39 is 0 Å². The number of hydrogen-bond acceptors (Lipinski definition) is 3. The van der Waals surface area contributed by atoms with Gasteiger partial charge in [-0.1, -0.05) is 12.1 Å². The third-order valence-corrected chi connectivity index (χ3v) is 2.96. The second kappa shape index (κ2) is 4.33. The number of para-hydroxylation sites is 1. The molecule has 0 saturated carbocycles. The van der Waals surface area contributed by atoms with E-state index in [1.807, 2.05) is 31.3 Å². The molecule has 3 heteroatoms. The Bertz CT molecular complexity index is 381. The van der Waals surface area contributed by atoms with Gasteiger partial charge in [-0.05, 0) is 25.6 Å². The van der Waals surface area contributed by atoms with Crippen molar-refractivity contribution in [1.29, 1.82) is 5.26 Å². The molecule has 0 spiro atoms. The van der Waals surface area contributed by atoms with Crippen molar-refractivity contribution in [1.82, 2.24) is 5.32 Å². The van der Waals surface area contributed by atoms with Crippen LogP contribution in [0.5, 0.6) is 0 Å². The van der Waals surface area contributed by atoms with Crippen LogP contribution in [0.3, 0.4) is 0 Å². The predicted octanol–water partition coefficient (Wildman–Crippen LogP) is 1.36. The third kappa shape index (κ3) is 1.95. The monoisotopic (exact) mass is 201 g/mol. The SMILES string of the molecule is CNC1CCN(c2ccccc2C#N)C1. The summed E-state index contributed by atoms with van der Waals surface area (Å²) in [5, 5.41) is 12.3. The first-order chi connectivity index (χ1) is 7.35. The van der Waals surface area contributed by atoms with Gasteiger partial charge in [-0.25, -0.2) is 0 Å². The molecule has 1 saturated heterocycles. The molecular formula is C12H15N3. The number of anilines is 1. The van der Waals surface area contributed by atoms with Gasteiger partial charge >= 0.3 is 0 Å². The summed E-state index contributed by atoms with van der Waals surface area (Å²) in [6, 6.07) is 10.6. The molecule has 0 amide bonds. The molecule has 1 N–H and O–H groups in total. The van der Waals surface area contributed by atoms with Crippen LogP contribution >= 0.6 is 0 Å². The summed E-state index contributed by atoms with van der Waals surface area (Å²) in [6.07, 6.45) is 1.15. The summed E-state index contributed by atoms with van der Waals surface area (Å²) < 4.78 is 0. The first-order valence-electron chi connectivity index (χ1n) is 5.26. The zero-order chi connectivity index (χ0) is 10.7. The Morgan fingerprint density at radius 1 is 1.47 bits per heavy atom. The average molecular weight is 201 g/mol. The lowest BCUT2D eigenvalue weighted by Gasteiger charge is -2.19. The Hall–Kier alpha value is -1.53. The molecule has 1 fully saturated rings. The Morgan fingerprint density at radius 2 is 2.27 bits per heavy atom. The molecular weight excluding hydrogens is 186 g/mol. The molecule has 0 bridgehead atoms. The van der Waals surface area contributed by atoms with Crippen molar-refractivity contribution in [2.24, 2.45) is 0 Å². The normalized spacial score (nSPS) is 20.3. The van der Waals surface area contributed by atoms with E-state index in [2.05, 4.69) is 16.3 Å². The number of likely N-dealkylation sites (N-methyl/N-ethyl adjacent to an activating group) is 1. The van der Waals surface area contributed by atoms with E-state index in [4.69, 9.17) is 5.26 Å². The highest BCUT2D eigenvalue weighted by atomic mass is 15.2. The standard InChI is InChI=1S/C12H15N3/c1-14-11-6-7-15(9-11)12-5-3-2-4-10(12)8-13/h2-5,11,14H,6-7,9H2,1H3. The minimum Gasteiger partial charge on any atom is -0.369 e. The van der Waals surface area contributed by atoms with Crippen molar-refractivity contribution in [2.75, 3.05) is 25.0 Å². The molecule has 3 nitrogen and oxygen atoms in total. The van der Waals surface area contributed by atoms with Gasteiger partial charge < -0.3 is 10.2 Å². The van der Waals surface area contributed by atoms with Crippen molar-refractivity contribution < 1.29 is 0 Å². The molecule has 0 aliphatic carbocycles. The number of nitrogens with one attached hydrogen (secondary N) is 1. The van der Waals surface area contributed by atoms with E-state index in [0.29, 0.717) is 6.04 Å². The predicted molar refractivity (Wildman–Crippen MR) is 60.8 cm³/mol. The maximum Gasteiger partial charge on any atom is 0.101 e. The smallest absolute Gasteiger partial charge is 0.101 e. The second-order valence-corrected chi connectivity index (χ2v) is 3.85. The summed E-state index contributed by atoms with van der Waals surface area (Å²) in [5.41, 5.74) is 1.84. The van der Waals surface area contributed by atoms with Crippen LogP contribution in [0.2, 0.25) is 0 Å². The van der Waals surface area contributed by atoms with E-state index in [1.54, 1.807) is 0 Å². The molecule has 2 rings (SSSR count). The van der Waals surface area contributed by atoms with Gasteiger partial charge in [0.15, 0.2) is 0 Å². The zero-order valence-corrected chi connectivity index (χ0v) is 8.90. The molecule has 1 aliphatic rings. The summed E-state index contributed by atoms with van der Waals surface area (Å²) in [6.45, 7) is 2.03. The molecule has 1 aromatic rings. The van der Waals surface area contributed by atoms with Crippen LogP contribution in [-0.2, 0) is 0 Å². The van der Waals surface area contributed by atoms with Crippen LogP contribution < -0.4 is 10.2 Å². The number of rotatable bonds is 2. The first-order valence-corrected chi connectivity index (χ1v) is 5.26. The lowest BCUT2D eigenvalue weighted by atomic mass is 10.2. The average Bonchev–Trinajstić information content (AvgIpc) is 2.77. The summed E-state index contributed by atoms with van der Waals surface area (Å²) >= 11 is 0. The highest BCUT2D eigenvalue weighted by Crippen LogP contribution is 2.23. The Kier molecular flexibility index (Phi) is 2.89. The fraction of sp³-hybridized carbons (Fsp3) is 0.417. The fourth-order valence-electron chi connectivity index (χ4n) is 2.06. The van der Waals surface area contributed by atoms with Crippen molar-refractivity contribution in [3.05, 3.63) is 29.8 Å². The summed E-state index contributed by atoms with van der Waals surface area (Å²) in [7, 11) is 1.99. The maximum absolute atomic E-state index is 9.01. The van der Waals surface area contributed by atoms with Gasteiger partial charge in [0.25, 0.3) is 0 Å². The van der Waals surface area contributed by atoms with Crippen LogP contribution in [0.25, 0.3) is 0 Å². The van der Waals surface area contributed by atoms with Crippen LogP contribution in [0, 0.1) is 11.3 Å². The highest BCUT2D eigenvalue weighted by Gasteiger charge is 2.22. The largest absolute Gasteiger partial charge is 0.369 e. The van der Waals surface area contributed by atoms with E-state index in [9.17, 15) is 0 Å². The van der Waals surface area contributed by atoms with E-state index in [1.165, 1.54) is 0 Å². The molecule has 0 aromatic heterocycles. The quantitative estimate of drug-likeness (QED) is 0.785. The lowest BCUT2D eigenvalue weighted by Crippen LogP contribution is -2.29. The van der Waals surface area contributed by atoms with Crippen LogP contribution in [0.1, 0.15) is 12.0 Å². The second-order valence-electron chi connectivity index (χ2n) is 3.85. The van der Waals surface area contributed by atoms with E-state index >= 15 is 0 Å². The van der Waals surface area contributed by atoms with Crippen LogP contribution in [0.4, 0.5) is 5.69 Å². The van der Waals surface area contributed by atoms with Gasteiger partial charge in [0.2, 0.25) is 0 Å². The number of hydrogen-bond donors (Lipinski definition) is 1. The van der Waals surface area contributed by atoms with Crippen molar-refractivity contribution >= 4 is 5.69 Å². The minimum absolute atomic E-state index is 0.553. The Labute approximate surface area is 90.3 Å². The van der Waals surface area contributed by atoms with Gasteiger partial charge in [0.05, 0.1) is 11.3 Å². The van der Waals surface area contributed by atoms with E-state index in [-0.39, 0.29) is 0 Å². The van der Waals surface area contributed by atoms with Crippen molar-refractivity contribution in [2.45, 2.75) is 12.5 Å². The fourth-order valence-corrected chi connectivity index (χ4v) is 2.06. The highest BCUT2D eigenvalue weighted by molar-refractivity contribution is 5.59. The molecule has 0 radical (unpaired) electrons. The van der Waals surface area contributed by atoms with Gasteiger partial charge in [-0.2, -0.15) is 5.26 Å². The lowest BCUT2D eigenvalue weighted by molar-refractivity contribution is 0.617. The van der Waals surface area contributed by atoms with Crippen LogP contribution in [0.15, 0.2) is 24.3 Å². The van der Waals surface area contributed by atoms with E-state index in [0.717, 1.165) is 30.8 Å².